The molecule has 31 heavy (non-hydrogen) atoms. The summed E-state index contributed by atoms with van der Waals surface area (Å²) in [4.78, 5) is 13.4. The average Bonchev–Trinajstić information content (AvgIpc) is 3.04. The van der Waals surface area contributed by atoms with Crippen molar-refractivity contribution in [2.24, 2.45) is 5.92 Å². The van der Waals surface area contributed by atoms with Crippen LogP contribution in [0, 0.1) is 5.92 Å². The van der Waals surface area contributed by atoms with Crippen LogP contribution in [0.1, 0.15) is 47.1 Å². The van der Waals surface area contributed by atoms with Gasteiger partial charge in [0.15, 0.2) is 19.9 Å². The minimum Gasteiger partial charge on any atom is -0.404 e. The molecular formula is C24H40O6Si. The SMILES string of the molecule is C[C@H](COCc1ccccc1)[C@@H](O)[C@H](O[Si](C)(C)C(C)(C)C)C(=O)[C@@H]1COC(C)(C)O1. The Kier molecular flexibility index (Phi) is 8.63. The van der Waals surface area contributed by atoms with Gasteiger partial charge in [0.25, 0.3) is 0 Å². The van der Waals surface area contributed by atoms with Crippen molar-refractivity contribution in [3.8, 4) is 0 Å². The summed E-state index contributed by atoms with van der Waals surface area (Å²) in [7, 11) is -2.33. The normalized spacial score (nSPS) is 22.2. The monoisotopic (exact) mass is 452 g/mol. The zero-order chi connectivity index (χ0) is 23.4. The van der Waals surface area contributed by atoms with Crippen molar-refractivity contribution in [1.82, 2.24) is 0 Å². The van der Waals surface area contributed by atoms with E-state index < -0.39 is 32.4 Å². The fourth-order valence-corrected chi connectivity index (χ4v) is 4.38. The molecule has 0 bridgehead atoms. The van der Waals surface area contributed by atoms with Crippen LogP contribution in [0.5, 0.6) is 0 Å². The van der Waals surface area contributed by atoms with E-state index in [-0.39, 0.29) is 23.3 Å². The number of ether oxygens (including phenoxy) is 3. The van der Waals surface area contributed by atoms with Gasteiger partial charge in [0, 0.05) is 5.92 Å². The smallest absolute Gasteiger partial charge is 0.194 e. The first-order valence-corrected chi connectivity index (χ1v) is 14.0. The number of Topliss-reactive ketones (excluding diaryl/α,β-unsaturated/α-hetero) is 1. The summed E-state index contributed by atoms with van der Waals surface area (Å²) in [5.41, 5.74) is 1.06. The molecule has 0 unspecified atom stereocenters. The lowest BCUT2D eigenvalue weighted by Crippen LogP contribution is -2.54. The lowest BCUT2D eigenvalue weighted by molar-refractivity contribution is -0.161. The summed E-state index contributed by atoms with van der Waals surface area (Å²) >= 11 is 0. The van der Waals surface area contributed by atoms with E-state index in [0.717, 1.165) is 5.56 Å². The Bertz CT molecular complexity index is 713. The van der Waals surface area contributed by atoms with Gasteiger partial charge in [-0.05, 0) is 37.5 Å². The first kappa shape index (κ1) is 26.2. The van der Waals surface area contributed by atoms with Crippen molar-refractivity contribution in [3.05, 3.63) is 35.9 Å². The molecular weight excluding hydrogens is 412 g/mol. The molecule has 4 atom stereocenters. The molecule has 1 aromatic carbocycles. The van der Waals surface area contributed by atoms with Gasteiger partial charge in [0.1, 0.15) is 12.2 Å². The maximum Gasteiger partial charge on any atom is 0.194 e. The molecule has 176 valence electrons. The third-order valence-corrected chi connectivity index (χ3v) is 10.7. The second-order valence-corrected chi connectivity index (χ2v) is 15.2. The Morgan fingerprint density at radius 3 is 2.39 bits per heavy atom. The van der Waals surface area contributed by atoms with Gasteiger partial charge in [0.05, 0.1) is 25.9 Å². The number of carbonyl (C=O) groups excluding carboxylic acids is 1. The van der Waals surface area contributed by atoms with Crippen LogP contribution < -0.4 is 0 Å². The molecule has 1 fully saturated rings. The lowest BCUT2D eigenvalue weighted by atomic mass is 9.96. The van der Waals surface area contributed by atoms with Gasteiger partial charge in [0.2, 0.25) is 0 Å². The number of hydrogen-bond donors (Lipinski definition) is 1. The van der Waals surface area contributed by atoms with Crippen molar-refractivity contribution in [3.63, 3.8) is 0 Å². The number of aliphatic hydroxyl groups is 1. The molecule has 1 saturated heterocycles. The second kappa shape index (κ2) is 10.2. The van der Waals surface area contributed by atoms with Gasteiger partial charge in [-0.1, -0.05) is 58.0 Å². The first-order valence-electron chi connectivity index (χ1n) is 11.1. The van der Waals surface area contributed by atoms with Gasteiger partial charge in [-0.25, -0.2) is 0 Å². The molecule has 1 aliphatic heterocycles. The van der Waals surface area contributed by atoms with Crippen LogP contribution in [0.3, 0.4) is 0 Å². The van der Waals surface area contributed by atoms with Crippen LogP contribution in [0.4, 0.5) is 0 Å². The molecule has 0 saturated carbocycles. The molecule has 0 spiro atoms. The minimum absolute atomic E-state index is 0.107. The van der Waals surface area contributed by atoms with Crippen LogP contribution in [-0.4, -0.2) is 56.5 Å². The zero-order valence-corrected chi connectivity index (χ0v) is 21.3. The summed E-state index contributed by atoms with van der Waals surface area (Å²) in [5, 5.41) is 11.1. The van der Waals surface area contributed by atoms with E-state index >= 15 is 0 Å². The van der Waals surface area contributed by atoms with E-state index in [2.05, 4.69) is 33.9 Å². The summed E-state index contributed by atoms with van der Waals surface area (Å²) in [6.07, 6.45) is -2.75. The molecule has 1 aromatic rings. The highest BCUT2D eigenvalue weighted by atomic mass is 28.4. The number of hydrogen-bond acceptors (Lipinski definition) is 6. The predicted molar refractivity (Wildman–Crippen MR) is 123 cm³/mol. The van der Waals surface area contributed by atoms with Gasteiger partial charge in [-0.3, -0.25) is 4.79 Å². The first-order chi connectivity index (χ1) is 14.2. The largest absolute Gasteiger partial charge is 0.404 e. The van der Waals surface area contributed by atoms with Crippen LogP contribution in [-0.2, 0) is 30.0 Å². The number of ketones is 1. The maximum atomic E-state index is 13.4. The number of carbonyl (C=O) groups is 1. The van der Waals surface area contributed by atoms with Crippen LogP contribution >= 0.6 is 0 Å². The lowest BCUT2D eigenvalue weighted by Gasteiger charge is -2.41. The quantitative estimate of drug-likeness (QED) is 0.533. The van der Waals surface area contributed by atoms with Crippen molar-refractivity contribution < 1.29 is 28.5 Å². The van der Waals surface area contributed by atoms with Crippen molar-refractivity contribution in [1.29, 1.82) is 0 Å². The van der Waals surface area contributed by atoms with Crippen LogP contribution in [0.2, 0.25) is 18.1 Å². The van der Waals surface area contributed by atoms with Crippen molar-refractivity contribution in [2.45, 2.75) is 90.4 Å². The molecule has 7 heteroatoms. The zero-order valence-electron chi connectivity index (χ0n) is 20.3. The Hall–Kier alpha value is -1.09. The topological polar surface area (TPSA) is 74.2 Å². The highest BCUT2D eigenvalue weighted by molar-refractivity contribution is 6.74. The van der Waals surface area contributed by atoms with Gasteiger partial charge in [-0.15, -0.1) is 0 Å². The summed E-state index contributed by atoms with van der Waals surface area (Å²) in [5.74, 6) is -1.38. The van der Waals surface area contributed by atoms with Gasteiger partial charge in [-0.2, -0.15) is 0 Å². The fraction of sp³-hybridized carbons (Fsp3) is 0.708. The highest BCUT2D eigenvalue weighted by Crippen LogP contribution is 2.38. The van der Waals surface area contributed by atoms with E-state index in [1.54, 1.807) is 13.8 Å². The van der Waals surface area contributed by atoms with Gasteiger partial charge >= 0.3 is 0 Å². The molecule has 1 heterocycles. The van der Waals surface area contributed by atoms with E-state index in [0.29, 0.717) is 13.2 Å². The molecule has 0 radical (unpaired) electrons. The Labute approximate surface area is 188 Å². The van der Waals surface area contributed by atoms with E-state index in [4.69, 9.17) is 18.6 Å². The maximum absolute atomic E-state index is 13.4. The second-order valence-electron chi connectivity index (χ2n) is 10.5. The van der Waals surface area contributed by atoms with Crippen LogP contribution in [0.15, 0.2) is 30.3 Å². The molecule has 0 aromatic heterocycles. The van der Waals surface area contributed by atoms with Crippen molar-refractivity contribution >= 4 is 14.1 Å². The molecule has 1 N–H and O–H groups in total. The van der Waals surface area contributed by atoms with Crippen LogP contribution in [0.25, 0.3) is 0 Å². The summed E-state index contributed by atoms with van der Waals surface area (Å²) < 4.78 is 23.6. The highest BCUT2D eigenvalue weighted by Gasteiger charge is 2.47. The average molecular weight is 453 g/mol. The number of benzene rings is 1. The number of aliphatic hydroxyl groups excluding tert-OH is 1. The fourth-order valence-electron chi connectivity index (χ4n) is 3.13. The molecule has 6 nitrogen and oxygen atoms in total. The third-order valence-electron chi connectivity index (χ3n) is 6.22. The standard InChI is InChI=1S/C24H40O6Si/c1-17(14-27-15-18-12-10-9-11-13-18)20(25)22(30-31(7,8)23(2,3)4)21(26)19-16-28-24(5,6)29-19/h9-13,17,19-20,22,25H,14-16H2,1-8H3/t17-,19+,20-,22+/m1/s1. The molecule has 1 aliphatic rings. The number of rotatable bonds is 10. The summed E-state index contributed by atoms with van der Waals surface area (Å²) in [6, 6.07) is 9.87. The Morgan fingerprint density at radius 1 is 1.26 bits per heavy atom. The summed E-state index contributed by atoms with van der Waals surface area (Å²) in [6.45, 7) is 16.8. The van der Waals surface area contributed by atoms with Gasteiger partial charge < -0.3 is 23.7 Å². The van der Waals surface area contributed by atoms with E-state index in [1.165, 1.54) is 0 Å². The predicted octanol–water partition coefficient (Wildman–Crippen LogP) is 4.31. The third kappa shape index (κ3) is 7.20. The molecule has 2 rings (SSSR count). The molecule has 0 amide bonds. The molecule has 0 aliphatic carbocycles. The van der Waals surface area contributed by atoms with E-state index in [9.17, 15) is 9.90 Å². The Morgan fingerprint density at radius 2 is 1.87 bits per heavy atom. The van der Waals surface area contributed by atoms with Crippen molar-refractivity contribution in [2.75, 3.05) is 13.2 Å². The Balaban J connectivity index is 2.11. The van der Waals surface area contributed by atoms with E-state index in [1.807, 2.05) is 37.3 Å². The minimum atomic E-state index is -2.33.